The highest BCUT2D eigenvalue weighted by Gasteiger charge is 2.25. The van der Waals surface area contributed by atoms with Gasteiger partial charge in [0.25, 0.3) is 5.91 Å². The summed E-state index contributed by atoms with van der Waals surface area (Å²) in [5.74, 6) is -1.67. The Hall–Kier alpha value is -1.11. The minimum absolute atomic E-state index is 0.0883. The van der Waals surface area contributed by atoms with E-state index in [-0.39, 0.29) is 17.9 Å². The largest absolute Gasteiger partial charge is 0.481 e. The van der Waals surface area contributed by atoms with Gasteiger partial charge in [-0.25, -0.2) is 0 Å². The number of benzene rings is 1. The monoisotopic (exact) mass is 389 g/mol. The zero-order valence-corrected chi connectivity index (χ0v) is 14.1. The van der Waals surface area contributed by atoms with Crippen molar-refractivity contribution in [2.75, 3.05) is 6.54 Å². The fraction of sp³-hybridized carbons (Fsp3) is 0.467. The molecule has 0 saturated carbocycles. The summed E-state index contributed by atoms with van der Waals surface area (Å²) in [4.78, 5) is 23.3. The molecule has 0 saturated heterocycles. The van der Waals surface area contributed by atoms with Crippen molar-refractivity contribution in [1.82, 2.24) is 5.32 Å². The Morgan fingerprint density at radius 3 is 2.40 bits per heavy atom. The van der Waals surface area contributed by atoms with Crippen molar-refractivity contribution in [2.45, 2.75) is 27.2 Å². The highest BCUT2D eigenvalue weighted by atomic mass is 127. The van der Waals surface area contributed by atoms with E-state index in [1.165, 1.54) is 0 Å². The van der Waals surface area contributed by atoms with Crippen LogP contribution < -0.4 is 5.32 Å². The summed E-state index contributed by atoms with van der Waals surface area (Å²) in [6.07, 6.45) is 0.522. The second-order valence-corrected chi connectivity index (χ2v) is 7.15. The van der Waals surface area contributed by atoms with Gasteiger partial charge in [-0.1, -0.05) is 32.9 Å². The maximum Gasteiger partial charge on any atom is 0.308 e. The van der Waals surface area contributed by atoms with Gasteiger partial charge in [0.1, 0.15) is 0 Å². The van der Waals surface area contributed by atoms with Crippen LogP contribution in [0.5, 0.6) is 0 Å². The van der Waals surface area contributed by atoms with Crippen molar-refractivity contribution in [2.24, 2.45) is 11.3 Å². The number of amides is 1. The molecular formula is C15H20INO3. The first-order chi connectivity index (χ1) is 9.20. The molecule has 1 aromatic rings. The fourth-order valence-electron chi connectivity index (χ4n) is 1.94. The summed E-state index contributed by atoms with van der Waals surface area (Å²) in [5.41, 5.74) is 0.489. The summed E-state index contributed by atoms with van der Waals surface area (Å²) >= 11 is 2.09. The molecule has 20 heavy (non-hydrogen) atoms. The minimum atomic E-state index is -0.872. The van der Waals surface area contributed by atoms with Crippen LogP contribution in [0.4, 0.5) is 0 Å². The van der Waals surface area contributed by atoms with Crippen molar-refractivity contribution in [3.05, 3.63) is 33.4 Å². The van der Waals surface area contributed by atoms with Crippen LogP contribution in [0.2, 0.25) is 0 Å². The molecule has 0 aromatic heterocycles. The van der Waals surface area contributed by atoms with Gasteiger partial charge in [-0.3, -0.25) is 9.59 Å². The lowest BCUT2D eigenvalue weighted by atomic mass is 9.84. The zero-order valence-electron chi connectivity index (χ0n) is 11.9. The maximum atomic E-state index is 12.0. The van der Waals surface area contributed by atoms with E-state index in [4.69, 9.17) is 0 Å². The molecule has 1 amide bonds. The van der Waals surface area contributed by atoms with Crippen LogP contribution in [0.25, 0.3) is 0 Å². The van der Waals surface area contributed by atoms with Gasteiger partial charge in [-0.05, 0) is 46.6 Å². The van der Waals surface area contributed by atoms with E-state index in [2.05, 4.69) is 27.9 Å². The lowest BCUT2D eigenvalue weighted by Crippen LogP contribution is -2.35. The standard InChI is InChI=1S/C15H20INO3/c1-15(2,3)8-10(14(19)20)9-17-13(18)11-6-4-5-7-12(11)16/h4-7,10H,8-9H2,1-3H3,(H,17,18)(H,19,20). The molecule has 110 valence electrons. The second-order valence-electron chi connectivity index (χ2n) is 5.99. The van der Waals surface area contributed by atoms with Gasteiger partial charge in [0.15, 0.2) is 0 Å². The van der Waals surface area contributed by atoms with Gasteiger partial charge in [-0.2, -0.15) is 0 Å². The van der Waals surface area contributed by atoms with Crippen LogP contribution in [0.15, 0.2) is 24.3 Å². The fourth-order valence-corrected chi connectivity index (χ4v) is 2.57. The molecule has 0 bridgehead atoms. The van der Waals surface area contributed by atoms with Crippen LogP contribution in [-0.4, -0.2) is 23.5 Å². The molecule has 4 nitrogen and oxygen atoms in total. The minimum Gasteiger partial charge on any atom is -0.481 e. The van der Waals surface area contributed by atoms with Crippen LogP contribution in [0.1, 0.15) is 37.6 Å². The highest BCUT2D eigenvalue weighted by molar-refractivity contribution is 14.1. The molecule has 0 aliphatic heterocycles. The maximum absolute atomic E-state index is 12.0. The first-order valence-electron chi connectivity index (χ1n) is 6.46. The molecule has 2 N–H and O–H groups in total. The number of hydrogen-bond donors (Lipinski definition) is 2. The Labute approximate surface area is 133 Å². The third-order valence-electron chi connectivity index (χ3n) is 2.84. The molecule has 0 fully saturated rings. The van der Waals surface area contributed by atoms with Crippen molar-refractivity contribution in [3.8, 4) is 0 Å². The number of carbonyl (C=O) groups excluding carboxylic acids is 1. The molecule has 1 atom stereocenters. The smallest absolute Gasteiger partial charge is 0.308 e. The third kappa shape index (κ3) is 5.48. The Balaban J connectivity index is 2.67. The van der Waals surface area contributed by atoms with Gasteiger partial charge in [0.05, 0.1) is 11.5 Å². The van der Waals surface area contributed by atoms with Crippen molar-refractivity contribution in [1.29, 1.82) is 0 Å². The van der Waals surface area contributed by atoms with Crippen LogP contribution in [-0.2, 0) is 4.79 Å². The van der Waals surface area contributed by atoms with E-state index in [0.29, 0.717) is 12.0 Å². The Morgan fingerprint density at radius 1 is 1.30 bits per heavy atom. The highest BCUT2D eigenvalue weighted by Crippen LogP contribution is 2.24. The summed E-state index contributed by atoms with van der Waals surface area (Å²) in [6, 6.07) is 7.23. The molecular weight excluding hydrogens is 369 g/mol. The molecule has 1 rings (SSSR count). The molecule has 0 aliphatic carbocycles. The Bertz CT molecular complexity index is 494. The molecule has 0 spiro atoms. The number of nitrogens with one attached hydrogen (secondary N) is 1. The van der Waals surface area contributed by atoms with Crippen molar-refractivity contribution < 1.29 is 14.7 Å². The van der Waals surface area contributed by atoms with Gasteiger partial charge >= 0.3 is 5.97 Å². The Kier molecular flexibility index (Phi) is 5.98. The number of hydrogen-bond acceptors (Lipinski definition) is 2. The van der Waals surface area contributed by atoms with E-state index >= 15 is 0 Å². The molecule has 1 aromatic carbocycles. The summed E-state index contributed by atoms with van der Waals surface area (Å²) in [6.45, 7) is 6.12. The molecule has 0 heterocycles. The van der Waals surface area contributed by atoms with Gasteiger partial charge in [0, 0.05) is 10.1 Å². The molecule has 1 unspecified atom stereocenters. The van der Waals surface area contributed by atoms with Crippen LogP contribution >= 0.6 is 22.6 Å². The SMILES string of the molecule is CC(C)(C)CC(CNC(=O)c1ccccc1I)C(=O)O. The quantitative estimate of drug-likeness (QED) is 0.761. The predicted octanol–water partition coefficient (Wildman–Crippen LogP) is 3.16. The number of carboxylic acids is 1. The average molecular weight is 389 g/mol. The van der Waals surface area contributed by atoms with Crippen molar-refractivity contribution >= 4 is 34.5 Å². The Morgan fingerprint density at radius 2 is 1.90 bits per heavy atom. The van der Waals surface area contributed by atoms with E-state index < -0.39 is 11.9 Å². The van der Waals surface area contributed by atoms with Crippen molar-refractivity contribution in [3.63, 3.8) is 0 Å². The molecule has 0 radical (unpaired) electrons. The summed E-state index contributed by atoms with van der Waals surface area (Å²) < 4.78 is 0.852. The van der Waals surface area contributed by atoms with E-state index in [0.717, 1.165) is 3.57 Å². The van der Waals surface area contributed by atoms with E-state index in [1.807, 2.05) is 32.9 Å². The molecule has 0 aliphatic rings. The lowest BCUT2D eigenvalue weighted by molar-refractivity contribution is -0.142. The van der Waals surface area contributed by atoms with E-state index in [1.54, 1.807) is 12.1 Å². The number of carboxylic acid groups (broad SMARTS) is 1. The predicted molar refractivity (Wildman–Crippen MR) is 86.7 cm³/mol. The normalized spacial score (nSPS) is 12.8. The van der Waals surface area contributed by atoms with E-state index in [9.17, 15) is 14.7 Å². The van der Waals surface area contributed by atoms with Crippen LogP contribution in [0.3, 0.4) is 0 Å². The number of rotatable bonds is 5. The summed E-state index contributed by atoms with van der Waals surface area (Å²) in [5, 5.41) is 11.9. The van der Waals surface area contributed by atoms with Gasteiger partial charge in [0.2, 0.25) is 0 Å². The van der Waals surface area contributed by atoms with Crippen LogP contribution in [0, 0.1) is 14.9 Å². The number of aliphatic carboxylic acids is 1. The van der Waals surface area contributed by atoms with Gasteiger partial charge in [-0.15, -0.1) is 0 Å². The first kappa shape index (κ1) is 16.9. The molecule has 5 heteroatoms. The number of halogens is 1. The second kappa shape index (κ2) is 7.06. The lowest BCUT2D eigenvalue weighted by Gasteiger charge is -2.23. The first-order valence-corrected chi connectivity index (χ1v) is 7.54. The topological polar surface area (TPSA) is 66.4 Å². The average Bonchev–Trinajstić information content (AvgIpc) is 2.33. The zero-order chi connectivity index (χ0) is 15.3. The summed E-state index contributed by atoms with van der Waals surface area (Å²) in [7, 11) is 0. The number of carbonyl (C=O) groups is 2. The van der Waals surface area contributed by atoms with Gasteiger partial charge < -0.3 is 10.4 Å². The third-order valence-corrected chi connectivity index (χ3v) is 3.78.